The van der Waals surface area contributed by atoms with Crippen LogP contribution in [0.5, 0.6) is 0 Å². The highest BCUT2D eigenvalue weighted by molar-refractivity contribution is 5.87. The van der Waals surface area contributed by atoms with Gasteiger partial charge in [0.2, 0.25) is 5.95 Å². The molecule has 2 aliphatic rings. The Balaban J connectivity index is 1.58. The molecular weight excluding hydrogens is 242 g/mol. The zero-order chi connectivity index (χ0) is 13.2. The Bertz CT molecular complexity index is 436. The minimum atomic E-state index is -0.153. The lowest BCUT2D eigenvalue weighted by Crippen LogP contribution is -2.50. The lowest BCUT2D eigenvalue weighted by molar-refractivity contribution is 0.129. The van der Waals surface area contributed by atoms with E-state index in [1.165, 1.54) is 44.9 Å². The number of aromatic nitrogens is 3. The molecule has 0 saturated heterocycles. The number of hydrogen-bond donors (Lipinski definition) is 2. The van der Waals surface area contributed by atoms with E-state index in [0.717, 1.165) is 0 Å². The lowest BCUT2D eigenvalue weighted by Gasteiger charge is -2.42. The quantitative estimate of drug-likeness (QED) is 0.871. The van der Waals surface area contributed by atoms with Gasteiger partial charge in [0.1, 0.15) is 6.33 Å². The van der Waals surface area contributed by atoms with Crippen LogP contribution in [0.1, 0.15) is 38.5 Å². The van der Waals surface area contributed by atoms with E-state index in [1.807, 2.05) is 0 Å². The Morgan fingerprint density at radius 2 is 1.95 bits per heavy atom. The third-order valence-corrected chi connectivity index (χ3v) is 4.55. The lowest BCUT2D eigenvalue weighted by atomic mass is 9.68. The zero-order valence-electron chi connectivity index (χ0n) is 11.3. The van der Waals surface area contributed by atoms with Crippen molar-refractivity contribution in [3.05, 3.63) is 6.33 Å². The molecule has 6 nitrogen and oxygen atoms in total. The van der Waals surface area contributed by atoms with Gasteiger partial charge in [0.05, 0.1) is 0 Å². The zero-order valence-corrected chi connectivity index (χ0v) is 11.3. The molecule has 2 saturated carbocycles. The monoisotopic (exact) mass is 263 g/mol. The number of carbonyl (C=O) groups is 1. The maximum absolute atomic E-state index is 12.1. The molecule has 6 heteroatoms. The summed E-state index contributed by atoms with van der Waals surface area (Å²) < 4.78 is 1.56. The standard InChI is InChI=1S/C13H21N5O/c1-18-12(14-8-15-18)17-13(19)16-11(9-4-2-5-9)10-6-3-7-10/h8-11H,2-7H2,1H3,(H2,14,15,16,17,19). The maximum atomic E-state index is 12.1. The van der Waals surface area contributed by atoms with Crippen molar-refractivity contribution in [2.45, 2.75) is 44.6 Å². The number of anilines is 1. The van der Waals surface area contributed by atoms with Crippen LogP contribution in [-0.2, 0) is 7.05 Å². The smallest absolute Gasteiger partial charge is 0.321 e. The Morgan fingerprint density at radius 1 is 1.32 bits per heavy atom. The highest BCUT2D eigenvalue weighted by Crippen LogP contribution is 2.39. The van der Waals surface area contributed by atoms with Crippen LogP contribution >= 0.6 is 0 Å². The van der Waals surface area contributed by atoms with Gasteiger partial charge in [-0.3, -0.25) is 5.32 Å². The van der Waals surface area contributed by atoms with Gasteiger partial charge in [0, 0.05) is 13.1 Å². The van der Waals surface area contributed by atoms with Crippen molar-refractivity contribution in [2.24, 2.45) is 18.9 Å². The van der Waals surface area contributed by atoms with Gasteiger partial charge in [-0.2, -0.15) is 10.1 Å². The fourth-order valence-corrected chi connectivity index (χ4v) is 2.92. The first-order chi connectivity index (χ1) is 9.24. The second-order valence-corrected chi connectivity index (χ2v) is 5.71. The summed E-state index contributed by atoms with van der Waals surface area (Å²) in [4.78, 5) is 16.1. The number of amides is 2. The molecule has 0 radical (unpaired) electrons. The van der Waals surface area contributed by atoms with E-state index in [2.05, 4.69) is 20.7 Å². The molecule has 0 aliphatic heterocycles. The van der Waals surface area contributed by atoms with Crippen molar-refractivity contribution in [2.75, 3.05) is 5.32 Å². The Labute approximate surface area is 113 Å². The first-order valence-corrected chi connectivity index (χ1v) is 7.15. The number of rotatable bonds is 4. The molecule has 0 aromatic carbocycles. The Kier molecular flexibility index (Phi) is 3.40. The average molecular weight is 263 g/mol. The van der Waals surface area contributed by atoms with Crippen molar-refractivity contribution in [3.63, 3.8) is 0 Å². The molecule has 0 unspecified atom stereocenters. The predicted octanol–water partition coefficient (Wildman–Crippen LogP) is 1.91. The molecule has 2 fully saturated rings. The van der Waals surface area contributed by atoms with Gasteiger partial charge in [-0.15, -0.1) is 0 Å². The fraction of sp³-hybridized carbons (Fsp3) is 0.769. The van der Waals surface area contributed by atoms with E-state index in [0.29, 0.717) is 23.8 Å². The highest BCUT2D eigenvalue weighted by Gasteiger charge is 2.37. The first kappa shape index (κ1) is 12.4. The Morgan fingerprint density at radius 3 is 2.37 bits per heavy atom. The van der Waals surface area contributed by atoms with Crippen LogP contribution in [0.3, 0.4) is 0 Å². The highest BCUT2D eigenvalue weighted by atomic mass is 16.2. The van der Waals surface area contributed by atoms with Crippen LogP contribution in [-0.4, -0.2) is 26.8 Å². The summed E-state index contributed by atoms with van der Waals surface area (Å²) in [6.45, 7) is 0. The van der Waals surface area contributed by atoms with Crippen molar-refractivity contribution >= 4 is 12.0 Å². The van der Waals surface area contributed by atoms with Gasteiger partial charge in [0.25, 0.3) is 0 Å². The number of nitrogens with zero attached hydrogens (tertiary/aromatic N) is 3. The minimum Gasteiger partial charge on any atom is -0.335 e. The summed E-state index contributed by atoms with van der Waals surface area (Å²) in [5, 5.41) is 9.86. The molecule has 3 rings (SSSR count). The van der Waals surface area contributed by atoms with E-state index < -0.39 is 0 Å². The molecule has 0 atom stereocenters. The summed E-state index contributed by atoms with van der Waals surface area (Å²) in [7, 11) is 1.76. The summed E-state index contributed by atoms with van der Waals surface area (Å²) in [6, 6.07) is 0.190. The molecule has 0 spiro atoms. The van der Waals surface area contributed by atoms with Crippen LogP contribution in [0.4, 0.5) is 10.7 Å². The van der Waals surface area contributed by atoms with E-state index in [-0.39, 0.29) is 6.03 Å². The number of aryl methyl sites for hydroxylation is 1. The number of hydrogen-bond acceptors (Lipinski definition) is 3. The second-order valence-electron chi connectivity index (χ2n) is 5.71. The fourth-order valence-electron chi connectivity index (χ4n) is 2.92. The van der Waals surface area contributed by atoms with Crippen molar-refractivity contribution < 1.29 is 4.79 Å². The SMILES string of the molecule is Cn1ncnc1NC(=O)NC(C1CCC1)C1CCC1. The molecular formula is C13H21N5O. The largest absolute Gasteiger partial charge is 0.335 e. The van der Waals surface area contributed by atoms with Gasteiger partial charge in [-0.1, -0.05) is 12.8 Å². The third kappa shape index (κ3) is 2.57. The normalized spacial score (nSPS) is 19.9. The van der Waals surface area contributed by atoms with E-state index in [1.54, 1.807) is 11.7 Å². The summed E-state index contributed by atoms with van der Waals surface area (Å²) in [5.74, 6) is 1.84. The average Bonchev–Trinajstić information content (AvgIpc) is 2.59. The van der Waals surface area contributed by atoms with Gasteiger partial charge in [-0.25, -0.2) is 9.48 Å². The second kappa shape index (κ2) is 5.19. The van der Waals surface area contributed by atoms with Crippen LogP contribution < -0.4 is 10.6 Å². The Hall–Kier alpha value is -1.59. The molecule has 2 amide bonds. The summed E-state index contributed by atoms with van der Waals surface area (Å²) >= 11 is 0. The minimum absolute atomic E-state index is 0.153. The third-order valence-electron chi connectivity index (χ3n) is 4.55. The summed E-state index contributed by atoms with van der Waals surface area (Å²) in [6.07, 6.45) is 9.07. The molecule has 104 valence electrons. The molecule has 1 aromatic heterocycles. The molecule has 1 heterocycles. The van der Waals surface area contributed by atoms with Crippen LogP contribution in [0.2, 0.25) is 0 Å². The van der Waals surface area contributed by atoms with E-state index in [9.17, 15) is 4.79 Å². The number of carbonyl (C=O) groups excluding carboxylic acids is 1. The van der Waals surface area contributed by atoms with Gasteiger partial charge < -0.3 is 5.32 Å². The molecule has 1 aromatic rings. The van der Waals surface area contributed by atoms with Crippen LogP contribution in [0.25, 0.3) is 0 Å². The van der Waals surface area contributed by atoms with Crippen molar-refractivity contribution in [1.29, 1.82) is 0 Å². The van der Waals surface area contributed by atoms with Gasteiger partial charge >= 0.3 is 6.03 Å². The van der Waals surface area contributed by atoms with Crippen molar-refractivity contribution in [1.82, 2.24) is 20.1 Å². The van der Waals surface area contributed by atoms with E-state index in [4.69, 9.17) is 0 Å². The van der Waals surface area contributed by atoms with Crippen LogP contribution in [0.15, 0.2) is 6.33 Å². The predicted molar refractivity (Wildman–Crippen MR) is 71.6 cm³/mol. The molecule has 19 heavy (non-hydrogen) atoms. The number of urea groups is 1. The number of nitrogens with one attached hydrogen (secondary N) is 2. The molecule has 0 bridgehead atoms. The topological polar surface area (TPSA) is 71.8 Å². The molecule has 2 N–H and O–H groups in total. The maximum Gasteiger partial charge on any atom is 0.321 e. The first-order valence-electron chi connectivity index (χ1n) is 7.15. The van der Waals surface area contributed by atoms with Crippen LogP contribution in [0, 0.1) is 11.8 Å². The van der Waals surface area contributed by atoms with Gasteiger partial charge in [-0.05, 0) is 37.5 Å². The van der Waals surface area contributed by atoms with Crippen molar-refractivity contribution in [3.8, 4) is 0 Å². The van der Waals surface area contributed by atoms with E-state index >= 15 is 0 Å². The molecule has 2 aliphatic carbocycles. The van der Waals surface area contributed by atoms with Gasteiger partial charge in [0.15, 0.2) is 0 Å². The summed E-state index contributed by atoms with van der Waals surface area (Å²) in [5.41, 5.74) is 0.